The molecule has 2 heteroatoms. The number of rotatable bonds is 4. The molecule has 1 aromatic carbocycles. The summed E-state index contributed by atoms with van der Waals surface area (Å²) in [5, 5.41) is 9.73. The number of ketones is 1. The van der Waals surface area contributed by atoms with Gasteiger partial charge in [-0.05, 0) is 13.3 Å². The van der Waals surface area contributed by atoms with Crippen molar-refractivity contribution in [3.63, 3.8) is 0 Å². The van der Waals surface area contributed by atoms with Gasteiger partial charge in [0.05, 0.1) is 5.60 Å². The van der Waals surface area contributed by atoms with Crippen LogP contribution in [0.5, 0.6) is 0 Å². The van der Waals surface area contributed by atoms with E-state index in [1.54, 1.807) is 19.1 Å². The molecule has 0 aliphatic heterocycles. The van der Waals surface area contributed by atoms with Crippen molar-refractivity contribution < 1.29 is 9.90 Å². The zero-order valence-electron chi connectivity index (χ0n) is 8.66. The summed E-state index contributed by atoms with van der Waals surface area (Å²) in [4.78, 5) is 11.7. The molecular weight excluding hydrogens is 176 g/mol. The molecule has 76 valence electrons. The molecular formula is C12H16O2. The molecule has 0 heterocycles. The third kappa shape index (κ3) is 2.96. The molecule has 14 heavy (non-hydrogen) atoms. The number of benzene rings is 1. The van der Waals surface area contributed by atoms with Crippen LogP contribution in [-0.2, 0) is 0 Å². The van der Waals surface area contributed by atoms with Crippen LogP contribution in [0.3, 0.4) is 0 Å². The van der Waals surface area contributed by atoms with E-state index in [2.05, 4.69) is 0 Å². The smallest absolute Gasteiger partial charge is 0.165 e. The van der Waals surface area contributed by atoms with Gasteiger partial charge < -0.3 is 5.11 Å². The lowest BCUT2D eigenvalue weighted by Gasteiger charge is -2.19. The van der Waals surface area contributed by atoms with E-state index in [1.165, 1.54) is 0 Å². The molecule has 0 aromatic heterocycles. The van der Waals surface area contributed by atoms with Gasteiger partial charge in [-0.2, -0.15) is 0 Å². The van der Waals surface area contributed by atoms with Crippen LogP contribution in [0.1, 0.15) is 37.0 Å². The Labute approximate surface area is 84.6 Å². The van der Waals surface area contributed by atoms with Crippen LogP contribution in [-0.4, -0.2) is 16.5 Å². The quantitative estimate of drug-likeness (QED) is 0.744. The van der Waals surface area contributed by atoms with E-state index in [-0.39, 0.29) is 12.2 Å². The highest BCUT2D eigenvalue weighted by atomic mass is 16.3. The molecule has 0 aliphatic rings. The summed E-state index contributed by atoms with van der Waals surface area (Å²) in [6.45, 7) is 3.56. The lowest BCUT2D eigenvalue weighted by atomic mass is 9.93. The van der Waals surface area contributed by atoms with Crippen molar-refractivity contribution in [1.29, 1.82) is 0 Å². The Balaban J connectivity index is 2.69. The summed E-state index contributed by atoms with van der Waals surface area (Å²) in [6, 6.07) is 9.07. The maximum Gasteiger partial charge on any atom is 0.165 e. The van der Waals surface area contributed by atoms with E-state index in [0.29, 0.717) is 12.0 Å². The van der Waals surface area contributed by atoms with Crippen LogP contribution < -0.4 is 0 Å². The highest BCUT2D eigenvalue weighted by molar-refractivity contribution is 5.96. The van der Waals surface area contributed by atoms with Gasteiger partial charge in [-0.3, -0.25) is 4.79 Å². The predicted octanol–water partition coefficient (Wildman–Crippen LogP) is 2.42. The SMILES string of the molecule is CC[C@@](C)(O)CC(=O)c1ccccc1. The first kappa shape index (κ1) is 10.9. The van der Waals surface area contributed by atoms with Crippen LogP contribution in [0.4, 0.5) is 0 Å². The van der Waals surface area contributed by atoms with Gasteiger partial charge in [0.15, 0.2) is 5.78 Å². The average Bonchev–Trinajstić information content (AvgIpc) is 2.19. The average molecular weight is 192 g/mol. The highest BCUT2D eigenvalue weighted by Crippen LogP contribution is 2.17. The van der Waals surface area contributed by atoms with Crippen LogP contribution in [0.25, 0.3) is 0 Å². The van der Waals surface area contributed by atoms with E-state index in [9.17, 15) is 9.90 Å². The van der Waals surface area contributed by atoms with E-state index < -0.39 is 5.60 Å². The van der Waals surface area contributed by atoms with Crippen molar-refractivity contribution in [2.24, 2.45) is 0 Å². The normalized spacial score (nSPS) is 14.8. The van der Waals surface area contributed by atoms with E-state index in [1.807, 2.05) is 25.1 Å². The summed E-state index contributed by atoms with van der Waals surface area (Å²) < 4.78 is 0. The maximum atomic E-state index is 11.7. The number of carbonyl (C=O) groups is 1. The standard InChI is InChI=1S/C12H16O2/c1-3-12(2,14)9-11(13)10-7-5-4-6-8-10/h4-8,14H,3,9H2,1-2H3/t12-/m1/s1. The number of hydrogen-bond acceptors (Lipinski definition) is 2. The molecule has 0 spiro atoms. The van der Waals surface area contributed by atoms with Crippen molar-refractivity contribution in [3.8, 4) is 0 Å². The van der Waals surface area contributed by atoms with Crippen LogP contribution in [0.2, 0.25) is 0 Å². The van der Waals surface area contributed by atoms with E-state index in [4.69, 9.17) is 0 Å². The second kappa shape index (κ2) is 4.38. The summed E-state index contributed by atoms with van der Waals surface area (Å²) in [7, 11) is 0. The first-order chi connectivity index (χ1) is 6.55. The molecule has 0 aliphatic carbocycles. The molecule has 2 nitrogen and oxygen atoms in total. The Morgan fingerprint density at radius 1 is 1.36 bits per heavy atom. The Bertz CT molecular complexity index is 301. The molecule has 0 radical (unpaired) electrons. The molecule has 0 saturated heterocycles. The Morgan fingerprint density at radius 3 is 2.43 bits per heavy atom. The second-order valence-electron chi connectivity index (χ2n) is 3.82. The van der Waals surface area contributed by atoms with Crippen molar-refractivity contribution in [2.45, 2.75) is 32.3 Å². The number of aliphatic hydroxyl groups is 1. The second-order valence-corrected chi connectivity index (χ2v) is 3.82. The molecule has 1 atom stereocenters. The van der Waals surface area contributed by atoms with Crippen molar-refractivity contribution in [2.75, 3.05) is 0 Å². The Hall–Kier alpha value is -1.15. The Morgan fingerprint density at radius 2 is 1.93 bits per heavy atom. The van der Waals surface area contributed by atoms with Gasteiger partial charge in [0.25, 0.3) is 0 Å². The van der Waals surface area contributed by atoms with Crippen molar-refractivity contribution in [3.05, 3.63) is 35.9 Å². The van der Waals surface area contributed by atoms with Crippen LogP contribution in [0, 0.1) is 0 Å². The summed E-state index contributed by atoms with van der Waals surface area (Å²) in [5.41, 5.74) is -0.214. The van der Waals surface area contributed by atoms with E-state index >= 15 is 0 Å². The fourth-order valence-corrected chi connectivity index (χ4v) is 1.20. The summed E-state index contributed by atoms with van der Waals surface area (Å²) in [5.74, 6) is -0.00236. The fourth-order valence-electron chi connectivity index (χ4n) is 1.20. The van der Waals surface area contributed by atoms with Crippen molar-refractivity contribution >= 4 is 5.78 Å². The zero-order chi connectivity index (χ0) is 10.6. The molecule has 0 amide bonds. The molecule has 1 aromatic rings. The minimum atomic E-state index is -0.882. The van der Waals surface area contributed by atoms with E-state index in [0.717, 1.165) is 0 Å². The van der Waals surface area contributed by atoms with Crippen LogP contribution in [0.15, 0.2) is 30.3 Å². The monoisotopic (exact) mass is 192 g/mol. The Kier molecular flexibility index (Phi) is 3.42. The molecule has 0 saturated carbocycles. The van der Waals surface area contributed by atoms with Gasteiger partial charge in [0.1, 0.15) is 0 Å². The first-order valence-electron chi connectivity index (χ1n) is 4.86. The van der Waals surface area contributed by atoms with Crippen LogP contribution >= 0.6 is 0 Å². The topological polar surface area (TPSA) is 37.3 Å². The molecule has 0 unspecified atom stereocenters. The fraction of sp³-hybridized carbons (Fsp3) is 0.417. The molecule has 0 fully saturated rings. The third-order valence-electron chi connectivity index (χ3n) is 2.40. The van der Waals surface area contributed by atoms with Gasteiger partial charge >= 0.3 is 0 Å². The minimum absolute atomic E-state index is 0.00236. The first-order valence-corrected chi connectivity index (χ1v) is 4.86. The lowest BCUT2D eigenvalue weighted by molar-refractivity contribution is 0.0428. The number of hydrogen-bond donors (Lipinski definition) is 1. The van der Waals surface area contributed by atoms with Gasteiger partial charge in [-0.1, -0.05) is 37.3 Å². The third-order valence-corrected chi connectivity index (χ3v) is 2.40. The minimum Gasteiger partial charge on any atom is -0.390 e. The van der Waals surface area contributed by atoms with Gasteiger partial charge in [0.2, 0.25) is 0 Å². The van der Waals surface area contributed by atoms with Gasteiger partial charge in [0, 0.05) is 12.0 Å². The van der Waals surface area contributed by atoms with Gasteiger partial charge in [-0.25, -0.2) is 0 Å². The predicted molar refractivity (Wildman–Crippen MR) is 56.3 cm³/mol. The molecule has 0 bridgehead atoms. The largest absolute Gasteiger partial charge is 0.390 e. The molecule has 1 rings (SSSR count). The zero-order valence-corrected chi connectivity index (χ0v) is 8.66. The van der Waals surface area contributed by atoms with Crippen molar-refractivity contribution in [1.82, 2.24) is 0 Å². The lowest BCUT2D eigenvalue weighted by Crippen LogP contribution is -2.26. The summed E-state index contributed by atoms with van der Waals surface area (Å²) >= 11 is 0. The summed E-state index contributed by atoms with van der Waals surface area (Å²) in [6.07, 6.45) is 0.777. The molecule has 1 N–H and O–H groups in total. The number of carbonyl (C=O) groups excluding carboxylic acids is 1. The highest BCUT2D eigenvalue weighted by Gasteiger charge is 2.22. The van der Waals surface area contributed by atoms with Gasteiger partial charge in [-0.15, -0.1) is 0 Å². The number of Topliss-reactive ketones (excluding diaryl/α,β-unsaturated/α-hetero) is 1. The maximum absolute atomic E-state index is 11.7.